The molecule has 1 aromatic carbocycles. The van der Waals surface area contributed by atoms with Gasteiger partial charge in [-0.1, -0.05) is 18.2 Å². The first kappa shape index (κ1) is 15.5. The third-order valence-corrected chi connectivity index (χ3v) is 4.23. The highest BCUT2D eigenvalue weighted by molar-refractivity contribution is 5.94. The number of hydrogen-bond acceptors (Lipinski definition) is 3. The predicted molar refractivity (Wildman–Crippen MR) is 90.8 cm³/mol. The molecule has 120 valence electrons. The van der Waals surface area contributed by atoms with Gasteiger partial charge in [0.1, 0.15) is 5.75 Å². The molecule has 0 unspecified atom stereocenters. The standard InChI is InChI=1S/C19H22N2O2/c1-2-21(15-8-4-3-5-9-15)19(22)14-23-18-12-13-20-17-11-7-6-10-16(17)18/h3-5,8-9,12-13H,2,6-7,10-11,14H2,1H3. The first-order valence-electron chi connectivity index (χ1n) is 8.24. The molecular formula is C19H22N2O2. The van der Waals surface area contributed by atoms with Crippen molar-refractivity contribution in [1.82, 2.24) is 4.98 Å². The number of aryl methyl sites for hydroxylation is 1. The number of aromatic nitrogens is 1. The van der Waals surface area contributed by atoms with Crippen LogP contribution >= 0.6 is 0 Å². The highest BCUT2D eigenvalue weighted by Crippen LogP contribution is 2.28. The SMILES string of the molecule is CCN(C(=O)COc1ccnc2c1CCCC2)c1ccccc1. The van der Waals surface area contributed by atoms with E-state index in [0.717, 1.165) is 36.4 Å². The van der Waals surface area contributed by atoms with E-state index >= 15 is 0 Å². The van der Waals surface area contributed by atoms with Crippen LogP contribution < -0.4 is 9.64 Å². The van der Waals surface area contributed by atoms with E-state index in [4.69, 9.17) is 4.74 Å². The zero-order valence-corrected chi connectivity index (χ0v) is 13.5. The Morgan fingerprint density at radius 3 is 2.74 bits per heavy atom. The summed E-state index contributed by atoms with van der Waals surface area (Å²) < 4.78 is 5.84. The number of benzene rings is 1. The van der Waals surface area contributed by atoms with Crippen molar-refractivity contribution in [1.29, 1.82) is 0 Å². The van der Waals surface area contributed by atoms with Gasteiger partial charge in [0.2, 0.25) is 0 Å². The molecule has 23 heavy (non-hydrogen) atoms. The van der Waals surface area contributed by atoms with Crippen LogP contribution in [0.2, 0.25) is 0 Å². The van der Waals surface area contributed by atoms with Crippen LogP contribution in [0.5, 0.6) is 5.75 Å². The van der Waals surface area contributed by atoms with Crippen molar-refractivity contribution in [2.24, 2.45) is 0 Å². The van der Waals surface area contributed by atoms with Gasteiger partial charge in [-0.3, -0.25) is 9.78 Å². The van der Waals surface area contributed by atoms with Gasteiger partial charge in [-0.25, -0.2) is 0 Å². The van der Waals surface area contributed by atoms with Crippen molar-refractivity contribution in [3.8, 4) is 5.75 Å². The second-order valence-electron chi connectivity index (χ2n) is 5.70. The monoisotopic (exact) mass is 310 g/mol. The summed E-state index contributed by atoms with van der Waals surface area (Å²) in [6.45, 7) is 2.65. The Morgan fingerprint density at radius 1 is 1.17 bits per heavy atom. The lowest BCUT2D eigenvalue weighted by molar-refractivity contribution is -0.120. The van der Waals surface area contributed by atoms with Crippen LogP contribution in [0.25, 0.3) is 0 Å². The Morgan fingerprint density at radius 2 is 1.96 bits per heavy atom. The Kier molecular flexibility index (Phi) is 4.91. The Labute approximate surface area is 137 Å². The summed E-state index contributed by atoms with van der Waals surface area (Å²) in [4.78, 5) is 18.7. The summed E-state index contributed by atoms with van der Waals surface area (Å²) in [5, 5.41) is 0. The summed E-state index contributed by atoms with van der Waals surface area (Å²) in [6, 6.07) is 11.6. The van der Waals surface area contributed by atoms with E-state index in [-0.39, 0.29) is 12.5 Å². The van der Waals surface area contributed by atoms with Crippen molar-refractivity contribution in [3.05, 3.63) is 53.9 Å². The molecule has 1 aromatic heterocycles. The molecule has 0 bridgehead atoms. The Balaban J connectivity index is 1.69. The molecule has 0 fully saturated rings. The number of carbonyl (C=O) groups excluding carboxylic acids is 1. The van der Waals surface area contributed by atoms with Crippen molar-refractivity contribution >= 4 is 11.6 Å². The van der Waals surface area contributed by atoms with Crippen LogP contribution in [0.15, 0.2) is 42.6 Å². The fraction of sp³-hybridized carbons (Fsp3) is 0.368. The molecule has 3 rings (SSSR count). The third-order valence-electron chi connectivity index (χ3n) is 4.23. The second kappa shape index (κ2) is 7.27. The number of likely N-dealkylation sites (N-methyl/N-ethyl adjacent to an activating group) is 1. The fourth-order valence-corrected chi connectivity index (χ4v) is 3.06. The maximum atomic E-state index is 12.5. The topological polar surface area (TPSA) is 42.4 Å². The van der Waals surface area contributed by atoms with Gasteiger partial charge in [0, 0.05) is 29.7 Å². The highest BCUT2D eigenvalue weighted by Gasteiger charge is 2.18. The predicted octanol–water partition coefficient (Wildman–Crippen LogP) is 3.39. The molecule has 0 N–H and O–H groups in total. The van der Waals surface area contributed by atoms with Crippen molar-refractivity contribution in [2.45, 2.75) is 32.6 Å². The summed E-state index contributed by atoms with van der Waals surface area (Å²) in [7, 11) is 0. The molecule has 1 aliphatic carbocycles. The number of pyridine rings is 1. The summed E-state index contributed by atoms with van der Waals surface area (Å²) in [5.41, 5.74) is 3.20. The fourth-order valence-electron chi connectivity index (χ4n) is 3.06. The van der Waals surface area contributed by atoms with E-state index in [1.807, 2.05) is 43.3 Å². The lowest BCUT2D eigenvalue weighted by atomic mass is 9.95. The van der Waals surface area contributed by atoms with E-state index in [1.165, 1.54) is 12.0 Å². The number of fused-ring (bicyclic) bond motifs is 1. The van der Waals surface area contributed by atoms with E-state index in [9.17, 15) is 4.79 Å². The molecule has 0 spiro atoms. The summed E-state index contributed by atoms with van der Waals surface area (Å²) in [6.07, 6.45) is 6.11. The van der Waals surface area contributed by atoms with E-state index in [1.54, 1.807) is 11.1 Å². The van der Waals surface area contributed by atoms with Crippen LogP contribution in [-0.2, 0) is 17.6 Å². The van der Waals surface area contributed by atoms with Gasteiger partial charge < -0.3 is 9.64 Å². The third kappa shape index (κ3) is 3.52. The minimum absolute atomic E-state index is 0.0277. The normalized spacial score (nSPS) is 13.3. The number of anilines is 1. The molecule has 0 aliphatic heterocycles. The van der Waals surface area contributed by atoms with Gasteiger partial charge in [0.15, 0.2) is 6.61 Å². The van der Waals surface area contributed by atoms with Crippen LogP contribution in [-0.4, -0.2) is 24.0 Å². The average molecular weight is 310 g/mol. The molecule has 2 aromatic rings. The van der Waals surface area contributed by atoms with Gasteiger partial charge >= 0.3 is 0 Å². The number of hydrogen-bond donors (Lipinski definition) is 0. The maximum absolute atomic E-state index is 12.5. The highest BCUT2D eigenvalue weighted by atomic mass is 16.5. The molecular weight excluding hydrogens is 288 g/mol. The average Bonchev–Trinajstić information content (AvgIpc) is 2.61. The number of nitrogens with zero attached hydrogens (tertiary/aromatic N) is 2. The molecule has 4 nitrogen and oxygen atoms in total. The molecule has 1 heterocycles. The first-order chi connectivity index (χ1) is 11.3. The van der Waals surface area contributed by atoms with Crippen molar-refractivity contribution in [2.75, 3.05) is 18.1 Å². The minimum atomic E-state index is -0.0277. The van der Waals surface area contributed by atoms with Gasteiger partial charge in [-0.15, -0.1) is 0 Å². The first-order valence-corrected chi connectivity index (χ1v) is 8.24. The van der Waals surface area contributed by atoms with Gasteiger partial charge in [0.25, 0.3) is 5.91 Å². The lowest BCUT2D eigenvalue weighted by Crippen LogP contribution is -2.34. The number of carbonyl (C=O) groups is 1. The molecule has 1 amide bonds. The van der Waals surface area contributed by atoms with Crippen LogP contribution in [0.1, 0.15) is 31.0 Å². The summed E-state index contributed by atoms with van der Waals surface area (Å²) >= 11 is 0. The zero-order valence-electron chi connectivity index (χ0n) is 13.5. The number of amides is 1. The number of ether oxygens (including phenoxy) is 1. The number of rotatable bonds is 5. The molecule has 4 heteroatoms. The molecule has 0 radical (unpaired) electrons. The molecule has 0 saturated heterocycles. The van der Waals surface area contributed by atoms with E-state index in [0.29, 0.717) is 6.54 Å². The Bertz CT molecular complexity index is 670. The van der Waals surface area contributed by atoms with E-state index < -0.39 is 0 Å². The Hall–Kier alpha value is -2.36. The second-order valence-corrected chi connectivity index (χ2v) is 5.70. The van der Waals surface area contributed by atoms with Gasteiger partial charge in [-0.2, -0.15) is 0 Å². The van der Waals surface area contributed by atoms with Crippen LogP contribution in [0.3, 0.4) is 0 Å². The van der Waals surface area contributed by atoms with Crippen molar-refractivity contribution < 1.29 is 9.53 Å². The van der Waals surface area contributed by atoms with Crippen molar-refractivity contribution in [3.63, 3.8) is 0 Å². The largest absolute Gasteiger partial charge is 0.483 e. The summed E-state index contributed by atoms with van der Waals surface area (Å²) in [5.74, 6) is 0.784. The van der Waals surface area contributed by atoms with E-state index in [2.05, 4.69) is 4.98 Å². The smallest absolute Gasteiger partial charge is 0.264 e. The van der Waals surface area contributed by atoms with Crippen LogP contribution in [0.4, 0.5) is 5.69 Å². The van der Waals surface area contributed by atoms with Crippen LogP contribution in [0, 0.1) is 0 Å². The molecule has 0 atom stereocenters. The number of para-hydroxylation sites is 1. The van der Waals surface area contributed by atoms with Gasteiger partial charge in [-0.05, 0) is 50.8 Å². The quantitative estimate of drug-likeness (QED) is 0.850. The zero-order chi connectivity index (χ0) is 16.1. The molecule has 0 saturated carbocycles. The van der Waals surface area contributed by atoms with Gasteiger partial charge in [0.05, 0.1) is 0 Å². The molecule has 1 aliphatic rings. The maximum Gasteiger partial charge on any atom is 0.264 e. The lowest BCUT2D eigenvalue weighted by Gasteiger charge is -2.22. The minimum Gasteiger partial charge on any atom is -0.483 e.